The lowest BCUT2D eigenvalue weighted by molar-refractivity contribution is 0.135. The lowest BCUT2D eigenvalue weighted by Gasteiger charge is -2.19. The fraction of sp³-hybridized carbons (Fsp3) is 1.00. The molecule has 3 heteroatoms. The van der Waals surface area contributed by atoms with Gasteiger partial charge in [-0.2, -0.15) is 0 Å². The second kappa shape index (κ2) is 7.21. The highest BCUT2D eigenvalue weighted by atomic mass is 16.5. The fourth-order valence-corrected chi connectivity index (χ4v) is 1.90. The highest BCUT2D eigenvalue weighted by Gasteiger charge is 2.19. The van der Waals surface area contributed by atoms with Gasteiger partial charge in [-0.15, -0.1) is 0 Å². The van der Waals surface area contributed by atoms with Crippen LogP contribution in [-0.2, 0) is 4.74 Å². The van der Waals surface area contributed by atoms with Crippen molar-refractivity contribution in [2.75, 3.05) is 39.9 Å². The quantitative estimate of drug-likeness (QED) is 0.623. The molecule has 0 radical (unpaired) electrons. The Kier molecular flexibility index (Phi) is 6.15. The molecule has 1 fully saturated rings. The van der Waals surface area contributed by atoms with Gasteiger partial charge in [0.2, 0.25) is 0 Å². The summed E-state index contributed by atoms with van der Waals surface area (Å²) in [5.74, 6) is 0. The van der Waals surface area contributed by atoms with E-state index in [4.69, 9.17) is 4.74 Å². The number of nitrogens with zero attached hydrogens (tertiary/aromatic N) is 1. The van der Waals surface area contributed by atoms with Gasteiger partial charge in [0.1, 0.15) is 0 Å². The third-order valence-electron chi connectivity index (χ3n) is 2.82. The molecule has 0 saturated carbocycles. The molecule has 0 aliphatic carbocycles. The molecule has 1 unspecified atom stereocenters. The molecular weight excluding hydrogens is 176 g/mol. The monoisotopic (exact) mass is 200 g/mol. The Hall–Kier alpha value is -0.120. The smallest absolute Gasteiger partial charge is 0.0590 e. The number of likely N-dealkylation sites (N-methyl/N-ethyl adjacent to an activating group) is 1. The van der Waals surface area contributed by atoms with E-state index in [9.17, 15) is 0 Å². The maximum atomic E-state index is 5.40. The van der Waals surface area contributed by atoms with Gasteiger partial charge in [0.25, 0.3) is 0 Å². The van der Waals surface area contributed by atoms with Crippen molar-refractivity contribution in [1.29, 1.82) is 0 Å². The number of likely N-dealkylation sites (tertiary alicyclic amines) is 1. The summed E-state index contributed by atoms with van der Waals surface area (Å²) >= 11 is 0. The van der Waals surface area contributed by atoms with E-state index in [1.165, 1.54) is 19.4 Å². The van der Waals surface area contributed by atoms with Crippen LogP contribution in [0.4, 0.5) is 0 Å². The van der Waals surface area contributed by atoms with Crippen molar-refractivity contribution in [3.63, 3.8) is 0 Å². The minimum Gasteiger partial charge on any atom is -0.380 e. The fourth-order valence-electron chi connectivity index (χ4n) is 1.90. The SMILES string of the molecule is CCCOCCNCC1CCCN1C. The molecular formula is C11H24N2O. The van der Waals surface area contributed by atoms with Gasteiger partial charge in [-0.1, -0.05) is 6.92 Å². The molecule has 84 valence electrons. The normalized spacial score (nSPS) is 23.1. The van der Waals surface area contributed by atoms with Gasteiger partial charge in [-0.25, -0.2) is 0 Å². The third-order valence-corrected chi connectivity index (χ3v) is 2.82. The molecule has 0 spiro atoms. The summed E-state index contributed by atoms with van der Waals surface area (Å²) < 4.78 is 5.40. The molecule has 1 rings (SSSR count). The van der Waals surface area contributed by atoms with Crippen LogP contribution in [0.5, 0.6) is 0 Å². The highest BCUT2D eigenvalue weighted by Crippen LogP contribution is 2.13. The minimum absolute atomic E-state index is 0.751. The van der Waals surface area contributed by atoms with Crippen molar-refractivity contribution >= 4 is 0 Å². The molecule has 0 bridgehead atoms. The van der Waals surface area contributed by atoms with E-state index in [0.717, 1.165) is 38.8 Å². The third kappa shape index (κ3) is 4.40. The van der Waals surface area contributed by atoms with Crippen LogP contribution >= 0.6 is 0 Å². The van der Waals surface area contributed by atoms with Crippen molar-refractivity contribution in [2.24, 2.45) is 0 Å². The van der Waals surface area contributed by atoms with Crippen molar-refractivity contribution in [3.8, 4) is 0 Å². The molecule has 1 heterocycles. The molecule has 0 aromatic rings. The summed E-state index contributed by atoms with van der Waals surface area (Å²) in [6, 6.07) is 0.751. The van der Waals surface area contributed by atoms with Crippen molar-refractivity contribution in [1.82, 2.24) is 10.2 Å². The minimum atomic E-state index is 0.751. The van der Waals surface area contributed by atoms with Crippen LogP contribution in [0.3, 0.4) is 0 Å². The Balaban J connectivity index is 1.88. The number of nitrogens with one attached hydrogen (secondary N) is 1. The molecule has 14 heavy (non-hydrogen) atoms. The number of hydrogen-bond donors (Lipinski definition) is 1. The average Bonchev–Trinajstić information content (AvgIpc) is 2.58. The van der Waals surface area contributed by atoms with E-state index >= 15 is 0 Å². The number of ether oxygens (including phenoxy) is 1. The van der Waals surface area contributed by atoms with Gasteiger partial charge < -0.3 is 15.0 Å². The Morgan fingerprint density at radius 2 is 2.29 bits per heavy atom. The van der Waals surface area contributed by atoms with Crippen LogP contribution in [0.15, 0.2) is 0 Å². The maximum Gasteiger partial charge on any atom is 0.0590 e. The zero-order chi connectivity index (χ0) is 10.2. The van der Waals surface area contributed by atoms with Crippen LogP contribution in [0.2, 0.25) is 0 Å². The van der Waals surface area contributed by atoms with Crippen LogP contribution in [0.1, 0.15) is 26.2 Å². The van der Waals surface area contributed by atoms with Gasteiger partial charge >= 0.3 is 0 Å². The van der Waals surface area contributed by atoms with Gasteiger partial charge in [0.05, 0.1) is 6.61 Å². The lowest BCUT2D eigenvalue weighted by atomic mass is 10.2. The van der Waals surface area contributed by atoms with Gasteiger partial charge in [0, 0.05) is 25.7 Å². The number of hydrogen-bond acceptors (Lipinski definition) is 3. The molecule has 0 aromatic heterocycles. The molecule has 1 aliphatic rings. The lowest BCUT2D eigenvalue weighted by Crippen LogP contribution is -2.36. The first-order chi connectivity index (χ1) is 6.84. The standard InChI is InChI=1S/C11H24N2O/c1-3-8-14-9-6-12-10-11-5-4-7-13(11)2/h11-12H,3-10H2,1-2H3. The molecule has 3 nitrogen and oxygen atoms in total. The van der Waals surface area contributed by atoms with Crippen LogP contribution in [-0.4, -0.2) is 50.8 Å². The Morgan fingerprint density at radius 1 is 1.43 bits per heavy atom. The van der Waals surface area contributed by atoms with E-state index in [2.05, 4.69) is 24.2 Å². The molecule has 1 aliphatic heterocycles. The highest BCUT2D eigenvalue weighted by molar-refractivity contribution is 4.77. The van der Waals surface area contributed by atoms with Crippen LogP contribution < -0.4 is 5.32 Å². The summed E-state index contributed by atoms with van der Waals surface area (Å²) in [5, 5.41) is 3.45. The summed E-state index contributed by atoms with van der Waals surface area (Å²) in [7, 11) is 2.22. The summed E-state index contributed by atoms with van der Waals surface area (Å²) in [5.41, 5.74) is 0. The van der Waals surface area contributed by atoms with E-state index in [1.54, 1.807) is 0 Å². The zero-order valence-corrected chi connectivity index (χ0v) is 9.59. The summed E-state index contributed by atoms with van der Waals surface area (Å²) in [6.07, 6.45) is 3.82. The molecule has 1 saturated heterocycles. The second-order valence-electron chi connectivity index (χ2n) is 4.09. The van der Waals surface area contributed by atoms with Gasteiger partial charge in [0.15, 0.2) is 0 Å². The zero-order valence-electron chi connectivity index (χ0n) is 9.59. The van der Waals surface area contributed by atoms with Crippen LogP contribution in [0, 0.1) is 0 Å². The second-order valence-corrected chi connectivity index (χ2v) is 4.09. The summed E-state index contributed by atoms with van der Waals surface area (Å²) in [6.45, 7) is 7.26. The Bertz CT molecular complexity index is 141. The van der Waals surface area contributed by atoms with Crippen LogP contribution in [0.25, 0.3) is 0 Å². The van der Waals surface area contributed by atoms with Crippen molar-refractivity contribution in [3.05, 3.63) is 0 Å². The van der Waals surface area contributed by atoms with Gasteiger partial charge in [-0.05, 0) is 32.9 Å². The van der Waals surface area contributed by atoms with E-state index in [0.29, 0.717) is 0 Å². The average molecular weight is 200 g/mol. The Morgan fingerprint density at radius 3 is 2.93 bits per heavy atom. The molecule has 1 N–H and O–H groups in total. The maximum absolute atomic E-state index is 5.40. The first-order valence-corrected chi connectivity index (χ1v) is 5.83. The van der Waals surface area contributed by atoms with E-state index < -0.39 is 0 Å². The predicted molar refractivity (Wildman–Crippen MR) is 59.6 cm³/mol. The van der Waals surface area contributed by atoms with E-state index in [-0.39, 0.29) is 0 Å². The molecule has 0 aromatic carbocycles. The largest absolute Gasteiger partial charge is 0.380 e. The number of rotatable bonds is 7. The topological polar surface area (TPSA) is 24.5 Å². The Labute approximate surface area is 87.8 Å². The van der Waals surface area contributed by atoms with E-state index in [1.807, 2.05) is 0 Å². The first kappa shape index (κ1) is 12.0. The van der Waals surface area contributed by atoms with Gasteiger partial charge in [-0.3, -0.25) is 0 Å². The summed E-state index contributed by atoms with van der Waals surface area (Å²) in [4.78, 5) is 2.44. The predicted octanol–water partition coefficient (Wildman–Crippen LogP) is 1.10. The van der Waals surface area contributed by atoms with Crippen molar-refractivity contribution in [2.45, 2.75) is 32.2 Å². The first-order valence-electron chi connectivity index (χ1n) is 5.83. The van der Waals surface area contributed by atoms with Crippen molar-refractivity contribution < 1.29 is 4.74 Å². The molecule has 0 amide bonds. The molecule has 1 atom stereocenters.